The highest BCUT2D eigenvalue weighted by Crippen LogP contribution is 2.23. The van der Waals surface area contributed by atoms with Gasteiger partial charge in [0, 0.05) is 42.8 Å². The Bertz CT molecular complexity index is 850. The van der Waals surface area contributed by atoms with Crippen molar-refractivity contribution in [3.8, 4) is 11.5 Å². The summed E-state index contributed by atoms with van der Waals surface area (Å²) in [6.07, 6.45) is 7.24. The molecule has 1 amide bonds. The maximum atomic E-state index is 12.5. The summed E-state index contributed by atoms with van der Waals surface area (Å²) in [5, 5.41) is 5.89. The number of aryl methyl sites for hydroxylation is 1. The van der Waals surface area contributed by atoms with Crippen molar-refractivity contribution in [2.24, 2.45) is 5.92 Å². The van der Waals surface area contributed by atoms with Gasteiger partial charge in [-0.3, -0.25) is 9.78 Å². The highest BCUT2D eigenvalue weighted by molar-refractivity contribution is 7.07. The number of carbonyl (C=O) groups excluding carboxylic acids is 1. The fourth-order valence-electron chi connectivity index (χ4n) is 3.27. The molecular formula is C18H19N5O2S. The van der Waals surface area contributed by atoms with Crippen LogP contribution in [0.15, 0.2) is 39.9 Å². The van der Waals surface area contributed by atoms with Crippen LogP contribution in [0.3, 0.4) is 0 Å². The molecule has 7 nitrogen and oxygen atoms in total. The van der Waals surface area contributed by atoms with Gasteiger partial charge in [0.25, 0.3) is 11.8 Å². The number of aromatic nitrogens is 4. The van der Waals surface area contributed by atoms with Gasteiger partial charge in [0.05, 0.1) is 5.51 Å². The first-order chi connectivity index (χ1) is 12.8. The molecule has 1 unspecified atom stereocenters. The average Bonchev–Trinajstić information content (AvgIpc) is 3.39. The van der Waals surface area contributed by atoms with Crippen LogP contribution in [0.2, 0.25) is 0 Å². The maximum Gasteiger partial charge on any atom is 0.273 e. The largest absolute Gasteiger partial charge is 0.337 e. The monoisotopic (exact) mass is 369 g/mol. The highest BCUT2D eigenvalue weighted by atomic mass is 32.1. The molecule has 1 saturated heterocycles. The number of hydrogen-bond acceptors (Lipinski definition) is 7. The van der Waals surface area contributed by atoms with Gasteiger partial charge in [-0.1, -0.05) is 5.16 Å². The lowest BCUT2D eigenvalue weighted by atomic mass is 9.93. The topological polar surface area (TPSA) is 85.0 Å². The Labute approximate surface area is 155 Å². The third-order valence-corrected chi connectivity index (χ3v) is 5.22. The summed E-state index contributed by atoms with van der Waals surface area (Å²) < 4.78 is 5.34. The minimum atomic E-state index is 0.0375. The lowest BCUT2D eigenvalue weighted by molar-refractivity contribution is 0.0663. The Morgan fingerprint density at radius 1 is 1.35 bits per heavy atom. The van der Waals surface area contributed by atoms with E-state index in [1.54, 1.807) is 17.9 Å². The minimum Gasteiger partial charge on any atom is -0.337 e. The van der Waals surface area contributed by atoms with E-state index in [-0.39, 0.29) is 5.91 Å². The number of likely N-dealkylation sites (tertiary alicyclic amines) is 1. The number of nitrogens with zero attached hydrogens (tertiary/aromatic N) is 5. The van der Waals surface area contributed by atoms with Gasteiger partial charge in [0.15, 0.2) is 5.82 Å². The molecule has 1 fully saturated rings. The van der Waals surface area contributed by atoms with E-state index in [0.29, 0.717) is 23.3 Å². The number of carbonyl (C=O) groups is 1. The molecule has 26 heavy (non-hydrogen) atoms. The molecule has 3 aromatic heterocycles. The van der Waals surface area contributed by atoms with Gasteiger partial charge >= 0.3 is 0 Å². The van der Waals surface area contributed by atoms with E-state index < -0.39 is 0 Å². The van der Waals surface area contributed by atoms with E-state index in [4.69, 9.17) is 4.52 Å². The van der Waals surface area contributed by atoms with Gasteiger partial charge in [-0.05, 0) is 37.3 Å². The highest BCUT2D eigenvalue weighted by Gasteiger charge is 2.25. The Morgan fingerprint density at radius 3 is 3.04 bits per heavy atom. The Hall–Kier alpha value is -2.61. The van der Waals surface area contributed by atoms with Crippen molar-refractivity contribution in [3.05, 3.63) is 46.9 Å². The number of rotatable bonds is 5. The SMILES string of the molecule is O=C(c1cscn1)N1CCCC(CCc2noc(-c3ccncc3)n2)C1. The van der Waals surface area contributed by atoms with Gasteiger partial charge in [0.1, 0.15) is 5.69 Å². The zero-order chi connectivity index (χ0) is 17.8. The van der Waals surface area contributed by atoms with Crippen LogP contribution < -0.4 is 0 Å². The van der Waals surface area contributed by atoms with Crippen LogP contribution in [0.4, 0.5) is 0 Å². The molecule has 4 heterocycles. The Morgan fingerprint density at radius 2 is 2.23 bits per heavy atom. The van der Waals surface area contributed by atoms with Crippen LogP contribution in [-0.4, -0.2) is 44.0 Å². The van der Waals surface area contributed by atoms with E-state index in [1.807, 2.05) is 22.4 Å². The molecule has 0 aromatic carbocycles. The fourth-order valence-corrected chi connectivity index (χ4v) is 3.79. The zero-order valence-corrected chi connectivity index (χ0v) is 15.1. The van der Waals surface area contributed by atoms with E-state index in [9.17, 15) is 4.79 Å². The van der Waals surface area contributed by atoms with Crippen molar-refractivity contribution < 1.29 is 9.32 Å². The third-order valence-electron chi connectivity index (χ3n) is 4.63. The molecule has 0 saturated carbocycles. The van der Waals surface area contributed by atoms with Crippen LogP contribution >= 0.6 is 11.3 Å². The molecule has 1 aliphatic rings. The summed E-state index contributed by atoms with van der Waals surface area (Å²) in [6, 6.07) is 3.70. The van der Waals surface area contributed by atoms with Gasteiger partial charge in [-0.2, -0.15) is 4.98 Å². The van der Waals surface area contributed by atoms with Crippen LogP contribution in [-0.2, 0) is 6.42 Å². The second-order valence-corrected chi connectivity index (χ2v) is 7.14. The van der Waals surface area contributed by atoms with E-state index in [2.05, 4.69) is 20.1 Å². The second-order valence-electron chi connectivity index (χ2n) is 6.42. The van der Waals surface area contributed by atoms with Crippen LogP contribution in [0, 0.1) is 5.92 Å². The van der Waals surface area contributed by atoms with Crippen LogP contribution in [0.25, 0.3) is 11.5 Å². The van der Waals surface area contributed by atoms with Crippen LogP contribution in [0.5, 0.6) is 0 Å². The molecule has 4 rings (SSSR count). The van der Waals surface area contributed by atoms with Crippen molar-refractivity contribution in [2.75, 3.05) is 13.1 Å². The van der Waals surface area contributed by atoms with Gasteiger partial charge < -0.3 is 9.42 Å². The van der Waals surface area contributed by atoms with E-state index >= 15 is 0 Å². The second kappa shape index (κ2) is 7.74. The number of pyridine rings is 1. The van der Waals surface area contributed by atoms with Crippen molar-refractivity contribution in [2.45, 2.75) is 25.7 Å². The summed E-state index contributed by atoms with van der Waals surface area (Å²) in [5.41, 5.74) is 3.12. The minimum absolute atomic E-state index is 0.0375. The molecule has 0 radical (unpaired) electrons. The summed E-state index contributed by atoms with van der Waals surface area (Å²) in [4.78, 5) is 27.0. The third kappa shape index (κ3) is 3.80. The van der Waals surface area contributed by atoms with Crippen molar-refractivity contribution in [3.63, 3.8) is 0 Å². The Balaban J connectivity index is 1.33. The van der Waals surface area contributed by atoms with E-state index in [0.717, 1.165) is 44.3 Å². The standard InChI is InChI=1S/C18H19N5O2S/c24-18(15-11-26-12-20-15)23-9-1-2-13(10-23)3-4-16-21-17(25-22-16)14-5-7-19-8-6-14/h5-8,11-13H,1-4,9-10H2. The molecule has 1 aliphatic heterocycles. The summed E-state index contributed by atoms with van der Waals surface area (Å²) in [6.45, 7) is 1.58. The predicted octanol–water partition coefficient (Wildman–Crippen LogP) is 3.07. The molecule has 3 aromatic rings. The molecule has 1 atom stereocenters. The Kier molecular flexibility index (Phi) is 5.01. The molecule has 134 valence electrons. The molecule has 0 bridgehead atoms. The van der Waals surface area contributed by atoms with Gasteiger partial charge in [-0.15, -0.1) is 11.3 Å². The van der Waals surface area contributed by atoms with Gasteiger partial charge in [-0.25, -0.2) is 4.98 Å². The van der Waals surface area contributed by atoms with Crippen LogP contribution in [0.1, 0.15) is 35.6 Å². The number of thiazole rings is 1. The summed E-state index contributed by atoms with van der Waals surface area (Å²) in [5.74, 6) is 1.72. The van der Waals surface area contributed by atoms with Crippen molar-refractivity contribution in [1.82, 2.24) is 25.0 Å². The summed E-state index contributed by atoms with van der Waals surface area (Å²) >= 11 is 1.45. The first-order valence-corrected chi connectivity index (χ1v) is 9.64. The number of piperidine rings is 1. The maximum absolute atomic E-state index is 12.5. The first kappa shape index (κ1) is 16.8. The summed E-state index contributed by atoms with van der Waals surface area (Å²) in [7, 11) is 0. The van der Waals surface area contributed by atoms with Gasteiger partial charge in [0.2, 0.25) is 0 Å². The normalized spacial score (nSPS) is 17.4. The molecule has 8 heteroatoms. The first-order valence-electron chi connectivity index (χ1n) is 8.70. The quantitative estimate of drug-likeness (QED) is 0.687. The van der Waals surface area contributed by atoms with Crippen molar-refractivity contribution >= 4 is 17.2 Å². The van der Waals surface area contributed by atoms with E-state index in [1.165, 1.54) is 11.3 Å². The average molecular weight is 369 g/mol. The lowest BCUT2D eigenvalue weighted by Gasteiger charge is -2.32. The van der Waals surface area contributed by atoms with Crippen molar-refractivity contribution in [1.29, 1.82) is 0 Å². The molecule has 0 aliphatic carbocycles. The number of hydrogen-bond donors (Lipinski definition) is 0. The molecule has 0 N–H and O–H groups in total. The molecule has 0 spiro atoms. The number of amides is 1. The molecular weight excluding hydrogens is 350 g/mol. The smallest absolute Gasteiger partial charge is 0.273 e. The predicted molar refractivity (Wildman–Crippen MR) is 96.6 cm³/mol. The lowest BCUT2D eigenvalue weighted by Crippen LogP contribution is -2.40. The fraction of sp³-hybridized carbons (Fsp3) is 0.389. The zero-order valence-electron chi connectivity index (χ0n) is 14.2.